The number of rotatable bonds is 4. The van der Waals surface area contributed by atoms with E-state index in [9.17, 15) is 23.3 Å². The number of nitro benzene ring substituents is 1. The Bertz CT molecular complexity index is 762. The summed E-state index contributed by atoms with van der Waals surface area (Å²) in [5.41, 5.74) is 0.890. The van der Waals surface area contributed by atoms with Gasteiger partial charge in [0.05, 0.1) is 10.5 Å². The highest BCUT2D eigenvalue weighted by atomic mass is 19.4. The minimum Gasteiger partial charge on any atom is -0.258 e. The van der Waals surface area contributed by atoms with Gasteiger partial charge < -0.3 is 0 Å². The molecule has 0 fully saturated rings. The molecule has 0 unspecified atom stereocenters. The maximum absolute atomic E-state index is 12.5. The Kier molecular flexibility index (Phi) is 4.64. The van der Waals surface area contributed by atoms with Crippen molar-refractivity contribution >= 4 is 17.3 Å². The molecule has 0 spiro atoms. The molecule has 0 aliphatic rings. The summed E-state index contributed by atoms with van der Waals surface area (Å²) in [6.45, 7) is 3.79. The molecule has 0 bridgehead atoms. The molecule has 0 heterocycles. The van der Waals surface area contributed by atoms with E-state index in [0.29, 0.717) is 16.7 Å². The lowest BCUT2D eigenvalue weighted by molar-refractivity contribution is -0.384. The molecule has 2 rings (SSSR count). The van der Waals surface area contributed by atoms with E-state index in [1.807, 2.05) is 0 Å². The highest BCUT2D eigenvalue weighted by molar-refractivity contribution is 5.77. The average molecular weight is 319 g/mol. The summed E-state index contributed by atoms with van der Waals surface area (Å²) in [6, 6.07) is 10.7. The van der Waals surface area contributed by atoms with Crippen LogP contribution in [0.3, 0.4) is 0 Å². The van der Waals surface area contributed by atoms with Crippen LogP contribution in [0.2, 0.25) is 0 Å². The molecule has 0 amide bonds. The predicted molar refractivity (Wildman–Crippen MR) is 82.6 cm³/mol. The van der Waals surface area contributed by atoms with E-state index >= 15 is 0 Å². The van der Waals surface area contributed by atoms with E-state index in [-0.39, 0.29) is 5.69 Å². The summed E-state index contributed by atoms with van der Waals surface area (Å²) in [5, 5.41) is 10.7. The van der Waals surface area contributed by atoms with Crippen molar-refractivity contribution in [1.29, 1.82) is 0 Å². The van der Waals surface area contributed by atoms with E-state index in [1.165, 1.54) is 24.3 Å². The molecule has 2 aromatic carbocycles. The second-order valence-corrected chi connectivity index (χ2v) is 4.79. The van der Waals surface area contributed by atoms with Gasteiger partial charge in [0.25, 0.3) is 5.69 Å². The third-order valence-electron chi connectivity index (χ3n) is 3.14. The molecule has 0 radical (unpaired) electrons. The van der Waals surface area contributed by atoms with E-state index in [4.69, 9.17) is 0 Å². The van der Waals surface area contributed by atoms with Crippen molar-refractivity contribution in [3.8, 4) is 0 Å². The summed E-state index contributed by atoms with van der Waals surface area (Å²) in [5.74, 6) is 0. The molecular weight excluding hydrogens is 307 g/mol. The van der Waals surface area contributed by atoms with Gasteiger partial charge in [-0.25, -0.2) is 0 Å². The third-order valence-corrected chi connectivity index (χ3v) is 3.14. The second-order valence-electron chi connectivity index (χ2n) is 4.79. The van der Waals surface area contributed by atoms with Crippen molar-refractivity contribution < 1.29 is 18.1 Å². The molecule has 0 aliphatic heterocycles. The molecule has 3 nitrogen and oxygen atoms in total. The minimum atomic E-state index is -4.38. The minimum absolute atomic E-state index is 0.0349. The van der Waals surface area contributed by atoms with Gasteiger partial charge in [-0.2, -0.15) is 13.2 Å². The van der Waals surface area contributed by atoms with Crippen LogP contribution < -0.4 is 0 Å². The van der Waals surface area contributed by atoms with Crippen LogP contribution in [0.4, 0.5) is 18.9 Å². The van der Waals surface area contributed by atoms with Crippen molar-refractivity contribution in [3.63, 3.8) is 0 Å². The van der Waals surface area contributed by atoms with Crippen LogP contribution in [0.5, 0.6) is 0 Å². The number of benzene rings is 2. The molecule has 0 aliphatic carbocycles. The Hall–Kier alpha value is -2.89. The highest BCUT2D eigenvalue weighted by Crippen LogP contribution is 2.30. The van der Waals surface area contributed by atoms with Crippen LogP contribution in [0.15, 0.2) is 61.2 Å². The van der Waals surface area contributed by atoms with Gasteiger partial charge in [-0.05, 0) is 28.8 Å². The Labute approximate surface area is 130 Å². The number of allylic oxidation sites excluding steroid dienone is 2. The van der Waals surface area contributed by atoms with Crippen LogP contribution in [-0.4, -0.2) is 4.92 Å². The average Bonchev–Trinajstić information content (AvgIpc) is 2.52. The van der Waals surface area contributed by atoms with Crippen LogP contribution >= 0.6 is 0 Å². The zero-order chi connectivity index (χ0) is 17.0. The smallest absolute Gasteiger partial charge is 0.258 e. The molecule has 0 atom stereocenters. The van der Waals surface area contributed by atoms with Crippen molar-refractivity contribution in [1.82, 2.24) is 0 Å². The molecule has 0 aromatic heterocycles. The van der Waals surface area contributed by atoms with Crippen molar-refractivity contribution in [2.45, 2.75) is 6.18 Å². The lowest BCUT2D eigenvalue weighted by Gasteiger charge is -2.07. The van der Waals surface area contributed by atoms with Crippen molar-refractivity contribution in [3.05, 3.63) is 88.0 Å². The van der Waals surface area contributed by atoms with E-state index in [2.05, 4.69) is 6.58 Å². The first-order valence-corrected chi connectivity index (χ1v) is 6.56. The van der Waals surface area contributed by atoms with Gasteiger partial charge in [-0.3, -0.25) is 10.1 Å². The summed E-state index contributed by atoms with van der Waals surface area (Å²) in [6.07, 6.45) is -1.16. The number of hydrogen-bond donors (Lipinski definition) is 0. The van der Waals surface area contributed by atoms with Gasteiger partial charge in [-0.15, -0.1) is 0 Å². The summed E-state index contributed by atoms with van der Waals surface area (Å²) < 4.78 is 37.5. The maximum Gasteiger partial charge on any atom is 0.416 e. The summed E-state index contributed by atoms with van der Waals surface area (Å²) in [4.78, 5) is 10.2. The molecule has 23 heavy (non-hydrogen) atoms. The van der Waals surface area contributed by atoms with E-state index in [1.54, 1.807) is 24.3 Å². The van der Waals surface area contributed by atoms with E-state index in [0.717, 1.165) is 12.1 Å². The van der Waals surface area contributed by atoms with Crippen LogP contribution in [0.1, 0.15) is 16.7 Å². The van der Waals surface area contributed by atoms with Gasteiger partial charge in [0.2, 0.25) is 0 Å². The Morgan fingerprint density at radius 3 is 2.35 bits per heavy atom. The number of alkyl halides is 3. The lowest BCUT2D eigenvalue weighted by atomic mass is 10.0. The third kappa shape index (κ3) is 4.29. The van der Waals surface area contributed by atoms with Crippen LogP contribution in [0, 0.1) is 10.1 Å². The zero-order valence-electron chi connectivity index (χ0n) is 11.9. The molecule has 118 valence electrons. The molecule has 0 saturated heterocycles. The fourth-order valence-corrected chi connectivity index (χ4v) is 1.91. The Morgan fingerprint density at radius 2 is 1.78 bits per heavy atom. The molecule has 6 heteroatoms. The monoisotopic (exact) mass is 319 g/mol. The Balaban J connectivity index is 2.15. The lowest BCUT2D eigenvalue weighted by Crippen LogP contribution is -2.04. The molecule has 0 N–H and O–H groups in total. The van der Waals surface area contributed by atoms with Gasteiger partial charge in [0, 0.05) is 12.1 Å². The van der Waals surface area contributed by atoms with Gasteiger partial charge in [0.1, 0.15) is 0 Å². The largest absolute Gasteiger partial charge is 0.416 e. The standard InChI is InChI=1S/C17H12F3NO2/c1-12(14-7-9-15(10-8-14)17(18,19)20)5-6-13-3-2-4-16(11-13)21(22)23/h2-11H,1H2/b6-5+. The fraction of sp³-hybridized carbons (Fsp3) is 0.0588. The van der Waals surface area contributed by atoms with Gasteiger partial charge in [-0.1, -0.05) is 43.0 Å². The van der Waals surface area contributed by atoms with E-state index < -0.39 is 16.7 Å². The number of hydrogen-bond acceptors (Lipinski definition) is 2. The van der Waals surface area contributed by atoms with Crippen molar-refractivity contribution in [2.24, 2.45) is 0 Å². The highest BCUT2D eigenvalue weighted by Gasteiger charge is 2.29. The first-order chi connectivity index (χ1) is 10.8. The zero-order valence-corrected chi connectivity index (χ0v) is 11.9. The summed E-state index contributed by atoms with van der Waals surface area (Å²) in [7, 11) is 0. The number of nitrogens with zero attached hydrogens (tertiary/aromatic N) is 1. The number of non-ortho nitro benzene ring substituents is 1. The predicted octanol–water partition coefficient (Wildman–Crippen LogP) is 5.34. The Morgan fingerprint density at radius 1 is 1.13 bits per heavy atom. The van der Waals surface area contributed by atoms with Crippen LogP contribution in [0.25, 0.3) is 11.6 Å². The van der Waals surface area contributed by atoms with Crippen LogP contribution in [-0.2, 0) is 6.18 Å². The van der Waals surface area contributed by atoms with Crippen molar-refractivity contribution in [2.75, 3.05) is 0 Å². The number of halogens is 3. The summed E-state index contributed by atoms with van der Waals surface area (Å²) >= 11 is 0. The normalized spacial score (nSPS) is 11.6. The van der Waals surface area contributed by atoms with Gasteiger partial charge >= 0.3 is 6.18 Å². The maximum atomic E-state index is 12.5. The fourth-order valence-electron chi connectivity index (χ4n) is 1.91. The quantitative estimate of drug-likeness (QED) is 0.434. The molecule has 2 aromatic rings. The molecule has 0 saturated carbocycles. The second kappa shape index (κ2) is 6.48. The number of nitro groups is 1. The van der Waals surface area contributed by atoms with Gasteiger partial charge in [0.15, 0.2) is 0 Å². The SMILES string of the molecule is C=C(/C=C/c1cccc([N+](=O)[O-])c1)c1ccc(C(F)(F)F)cc1. The first-order valence-electron chi connectivity index (χ1n) is 6.56. The first kappa shape index (κ1) is 16.5. The molecular formula is C17H12F3NO2. The topological polar surface area (TPSA) is 43.1 Å².